The van der Waals surface area contributed by atoms with E-state index in [1.54, 1.807) is 6.07 Å². The number of hydrogen-bond donors (Lipinski definition) is 1. The predicted molar refractivity (Wildman–Crippen MR) is 148 cm³/mol. The Morgan fingerprint density at radius 2 is 1.89 bits per heavy atom. The summed E-state index contributed by atoms with van der Waals surface area (Å²) in [4.78, 5) is 30.9. The highest BCUT2D eigenvalue weighted by atomic mass is 16.5. The summed E-state index contributed by atoms with van der Waals surface area (Å²) in [6, 6.07) is 17.1. The van der Waals surface area contributed by atoms with Gasteiger partial charge >= 0.3 is 5.97 Å². The van der Waals surface area contributed by atoms with Crippen LogP contribution in [0, 0.1) is 17.8 Å². The smallest absolute Gasteiger partial charge is 0.302 e. The second-order valence-electron chi connectivity index (χ2n) is 12.2. The highest BCUT2D eigenvalue weighted by molar-refractivity contribution is 5.94. The van der Waals surface area contributed by atoms with Gasteiger partial charge in [0, 0.05) is 55.9 Å². The molecule has 3 aliphatic rings. The van der Waals surface area contributed by atoms with Crippen molar-refractivity contribution < 1.29 is 19.4 Å². The van der Waals surface area contributed by atoms with Crippen molar-refractivity contribution in [1.29, 1.82) is 0 Å². The van der Waals surface area contributed by atoms with Crippen LogP contribution < -0.4 is 0 Å². The number of esters is 1. The molecular weight excluding hydrogens is 476 g/mol. The minimum atomic E-state index is -0.298. The molecule has 1 amide bonds. The number of rotatable bonds is 8. The zero-order valence-corrected chi connectivity index (χ0v) is 23.0. The highest BCUT2D eigenvalue weighted by Gasteiger charge is 2.55. The van der Waals surface area contributed by atoms with Crippen molar-refractivity contribution >= 4 is 11.9 Å². The van der Waals surface area contributed by atoms with Crippen LogP contribution in [0.4, 0.5) is 0 Å². The summed E-state index contributed by atoms with van der Waals surface area (Å²) in [6.45, 7) is 9.36. The molecular formula is C32H42N2O4. The van der Waals surface area contributed by atoms with E-state index in [0.29, 0.717) is 24.4 Å². The molecule has 2 aromatic rings. The number of piperidine rings is 1. The van der Waals surface area contributed by atoms with E-state index < -0.39 is 0 Å². The quantitative estimate of drug-likeness (QED) is 0.483. The van der Waals surface area contributed by atoms with E-state index in [1.165, 1.54) is 19.8 Å². The van der Waals surface area contributed by atoms with Crippen molar-refractivity contribution in [1.82, 2.24) is 9.80 Å². The van der Waals surface area contributed by atoms with E-state index in [0.717, 1.165) is 44.0 Å². The molecule has 0 spiro atoms. The molecule has 1 unspecified atom stereocenters. The van der Waals surface area contributed by atoms with Crippen molar-refractivity contribution in [2.75, 3.05) is 26.2 Å². The van der Waals surface area contributed by atoms with Crippen molar-refractivity contribution in [3.8, 4) is 5.75 Å². The third-order valence-corrected chi connectivity index (χ3v) is 8.83. The molecule has 38 heavy (non-hydrogen) atoms. The first kappa shape index (κ1) is 26.7. The summed E-state index contributed by atoms with van der Waals surface area (Å²) in [7, 11) is 0. The summed E-state index contributed by atoms with van der Waals surface area (Å²) in [5.41, 5.74) is 1.48. The molecule has 5 rings (SSSR count). The van der Waals surface area contributed by atoms with Crippen LogP contribution in [0.5, 0.6) is 5.75 Å². The summed E-state index contributed by atoms with van der Waals surface area (Å²) in [5.74, 6) is 1.19. The number of aromatic hydroxyl groups is 1. The lowest BCUT2D eigenvalue weighted by molar-refractivity contribution is -0.159. The van der Waals surface area contributed by atoms with E-state index in [-0.39, 0.29) is 41.1 Å². The first-order valence-corrected chi connectivity index (χ1v) is 14.3. The van der Waals surface area contributed by atoms with Crippen molar-refractivity contribution in [2.45, 2.75) is 70.4 Å². The molecule has 1 N–H and O–H groups in total. The van der Waals surface area contributed by atoms with Crippen LogP contribution in [-0.2, 0) is 14.9 Å². The Morgan fingerprint density at radius 3 is 2.55 bits per heavy atom. The molecule has 2 saturated carbocycles. The standard InChI is InChI=1S/C32H42N2O4/c1-22(2)19-34(31(37)25-8-5-4-6-9-25)27-17-30(38-23(3)35)29-21-33(20-24-12-13-24)15-14-32(29,18-27)26-10-7-11-28(36)16-26/h4-11,16,22,24,27,29-30,36H,12-15,17-21H2,1-3H3/t27-,29+,30?,32+/m1/s1. The van der Waals surface area contributed by atoms with Gasteiger partial charge in [0.15, 0.2) is 0 Å². The van der Waals surface area contributed by atoms with Gasteiger partial charge in [0.05, 0.1) is 0 Å². The fourth-order valence-corrected chi connectivity index (χ4v) is 6.99. The maximum Gasteiger partial charge on any atom is 0.302 e. The molecule has 0 bridgehead atoms. The van der Waals surface area contributed by atoms with Gasteiger partial charge in [0.1, 0.15) is 11.9 Å². The van der Waals surface area contributed by atoms with Crippen LogP contribution in [-0.4, -0.2) is 65.1 Å². The Morgan fingerprint density at radius 1 is 1.13 bits per heavy atom. The number of nitrogens with zero attached hydrogens (tertiary/aromatic N) is 2. The van der Waals surface area contributed by atoms with Gasteiger partial charge < -0.3 is 19.6 Å². The number of carbonyl (C=O) groups excluding carboxylic acids is 2. The minimum absolute atomic E-state index is 0.0292. The van der Waals surface area contributed by atoms with Gasteiger partial charge in [-0.15, -0.1) is 0 Å². The molecule has 2 aromatic carbocycles. The fraction of sp³-hybridized carbons (Fsp3) is 0.562. The Hall–Kier alpha value is -2.86. The molecule has 3 fully saturated rings. The number of fused-ring (bicyclic) bond motifs is 1. The number of likely N-dealkylation sites (tertiary alicyclic amines) is 1. The minimum Gasteiger partial charge on any atom is -0.508 e. The van der Waals surface area contributed by atoms with Crippen LogP contribution in [0.3, 0.4) is 0 Å². The average molecular weight is 519 g/mol. The number of phenolic OH excluding ortho intramolecular Hbond substituents is 1. The first-order valence-electron chi connectivity index (χ1n) is 14.3. The third-order valence-electron chi connectivity index (χ3n) is 8.83. The second-order valence-corrected chi connectivity index (χ2v) is 12.2. The van der Waals surface area contributed by atoms with Gasteiger partial charge in [-0.1, -0.05) is 44.2 Å². The largest absolute Gasteiger partial charge is 0.508 e. The number of amides is 1. The Kier molecular flexibility index (Phi) is 7.80. The number of benzene rings is 2. The van der Waals surface area contributed by atoms with Crippen LogP contribution in [0.1, 0.15) is 68.8 Å². The van der Waals surface area contributed by atoms with Crippen LogP contribution in [0.25, 0.3) is 0 Å². The molecule has 1 aliphatic heterocycles. The Labute approximate surface area is 227 Å². The van der Waals surface area contributed by atoms with E-state index in [4.69, 9.17) is 4.74 Å². The van der Waals surface area contributed by atoms with Gasteiger partial charge in [-0.3, -0.25) is 9.59 Å². The predicted octanol–water partition coefficient (Wildman–Crippen LogP) is 5.25. The normalized spacial score (nSPS) is 27.5. The molecule has 0 radical (unpaired) electrons. The lowest BCUT2D eigenvalue weighted by Gasteiger charge is -2.57. The van der Waals surface area contributed by atoms with Crippen molar-refractivity contribution in [3.05, 3.63) is 65.7 Å². The Bertz CT molecular complexity index is 1130. The van der Waals surface area contributed by atoms with Gasteiger partial charge in [-0.2, -0.15) is 0 Å². The third kappa shape index (κ3) is 5.75. The average Bonchev–Trinajstić information content (AvgIpc) is 3.71. The van der Waals surface area contributed by atoms with E-state index in [2.05, 4.69) is 24.8 Å². The van der Waals surface area contributed by atoms with E-state index in [1.807, 2.05) is 47.4 Å². The second kappa shape index (κ2) is 11.1. The van der Waals surface area contributed by atoms with Crippen LogP contribution in [0.2, 0.25) is 0 Å². The molecule has 2 aliphatic carbocycles. The van der Waals surface area contributed by atoms with Crippen molar-refractivity contribution in [2.24, 2.45) is 17.8 Å². The van der Waals surface area contributed by atoms with Gasteiger partial charge in [-0.25, -0.2) is 0 Å². The van der Waals surface area contributed by atoms with Gasteiger partial charge in [-0.05, 0) is 73.9 Å². The Balaban J connectivity index is 1.55. The summed E-state index contributed by atoms with van der Waals surface area (Å²) >= 11 is 0. The summed E-state index contributed by atoms with van der Waals surface area (Å²) in [6.07, 6.45) is 4.65. The SMILES string of the molecule is CC(=O)OC1C[C@@H](N(CC(C)C)C(=O)c2ccccc2)C[C@]2(c3cccc(O)c3)CCN(CC3CC3)C[C@@H]12. The number of carbonyl (C=O) groups is 2. The number of phenols is 1. The molecule has 204 valence electrons. The lowest BCUT2D eigenvalue weighted by Crippen LogP contribution is -2.62. The molecule has 1 heterocycles. The molecule has 6 nitrogen and oxygen atoms in total. The zero-order valence-electron chi connectivity index (χ0n) is 23.0. The van der Waals surface area contributed by atoms with Crippen LogP contribution in [0.15, 0.2) is 54.6 Å². The lowest BCUT2D eigenvalue weighted by atomic mass is 9.56. The highest BCUT2D eigenvalue weighted by Crippen LogP contribution is 2.52. The van der Waals surface area contributed by atoms with Crippen molar-refractivity contribution in [3.63, 3.8) is 0 Å². The molecule has 6 heteroatoms. The van der Waals surface area contributed by atoms with E-state index >= 15 is 0 Å². The molecule has 0 aromatic heterocycles. The first-order chi connectivity index (χ1) is 18.2. The maximum absolute atomic E-state index is 13.9. The number of ether oxygens (including phenoxy) is 1. The number of hydrogen-bond acceptors (Lipinski definition) is 5. The van der Waals surface area contributed by atoms with Crippen LogP contribution >= 0.6 is 0 Å². The summed E-state index contributed by atoms with van der Waals surface area (Å²) in [5, 5.41) is 10.5. The van der Waals surface area contributed by atoms with Gasteiger partial charge in [0.2, 0.25) is 0 Å². The topological polar surface area (TPSA) is 70.1 Å². The monoisotopic (exact) mass is 518 g/mol. The maximum atomic E-state index is 13.9. The zero-order chi connectivity index (χ0) is 26.9. The summed E-state index contributed by atoms with van der Waals surface area (Å²) < 4.78 is 6.11. The van der Waals surface area contributed by atoms with Gasteiger partial charge in [0.25, 0.3) is 5.91 Å². The van der Waals surface area contributed by atoms with E-state index in [9.17, 15) is 14.7 Å². The molecule has 4 atom stereocenters. The molecule has 1 saturated heterocycles. The fourth-order valence-electron chi connectivity index (χ4n) is 6.99.